The van der Waals surface area contributed by atoms with E-state index in [4.69, 9.17) is 0 Å². The highest BCUT2D eigenvalue weighted by Crippen LogP contribution is 2.38. The molecule has 5 nitrogen and oxygen atoms in total. The van der Waals surface area contributed by atoms with Crippen molar-refractivity contribution in [2.24, 2.45) is 11.3 Å². The van der Waals surface area contributed by atoms with Gasteiger partial charge in [-0.05, 0) is 55.4 Å². The van der Waals surface area contributed by atoms with Crippen LogP contribution in [-0.2, 0) is 4.79 Å². The van der Waals surface area contributed by atoms with Crippen LogP contribution in [0.25, 0.3) is 0 Å². The summed E-state index contributed by atoms with van der Waals surface area (Å²) in [6.07, 6.45) is 4.83. The van der Waals surface area contributed by atoms with Gasteiger partial charge in [0.1, 0.15) is 0 Å². The summed E-state index contributed by atoms with van der Waals surface area (Å²) in [4.78, 5) is 28.7. The van der Waals surface area contributed by atoms with Crippen LogP contribution in [0.1, 0.15) is 63.7 Å². The lowest BCUT2D eigenvalue weighted by Gasteiger charge is -2.41. The summed E-state index contributed by atoms with van der Waals surface area (Å²) >= 11 is 0. The zero-order valence-electron chi connectivity index (χ0n) is 18.5. The van der Waals surface area contributed by atoms with Crippen molar-refractivity contribution in [1.29, 1.82) is 0 Å². The molecule has 5 heteroatoms. The molecule has 160 valence electrons. The number of nitrogens with one attached hydrogen (secondary N) is 1. The molecule has 0 bridgehead atoms. The molecule has 0 aromatic heterocycles. The summed E-state index contributed by atoms with van der Waals surface area (Å²) in [5.41, 5.74) is 2.14. The van der Waals surface area contributed by atoms with Crippen molar-refractivity contribution < 1.29 is 9.59 Å². The molecular weight excluding hydrogens is 362 g/mol. The van der Waals surface area contributed by atoms with Crippen LogP contribution in [0.2, 0.25) is 0 Å². The van der Waals surface area contributed by atoms with Gasteiger partial charge in [-0.15, -0.1) is 0 Å². The zero-order valence-corrected chi connectivity index (χ0v) is 18.5. The summed E-state index contributed by atoms with van der Waals surface area (Å²) in [7, 11) is 0. The van der Waals surface area contributed by atoms with E-state index in [9.17, 15) is 9.59 Å². The molecule has 1 aromatic carbocycles. The molecular formula is C24H37N3O2. The van der Waals surface area contributed by atoms with Crippen LogP contribution in [0, 0.1) is 11.3 Å². The average molecular weight is 400 g/mol. The number of piperazine rings is 1. The molecule has 2 unspecified atom stereocenters. The second kappa shape index (κ2) is 9.29. The minimum atomic E-state index is 0.0963. The third-order valence-electron chi connectivity index (χ3n) is 6.60. The van der Waals surface area contributed by atoms with Crippen molar-refractivity contribution in [1.82, 2.24) is 10.2 Å². The van der Waals surface area contributed by atoms with E-state index < -0.39 is 0 Å². The van der Waals surface area contributed by atoms with Crippen molar-refractivity contribution in [3.05, 3.63) is 29.8 Å². The standard InChI is InChI=1S/C24H37N3O2/c1-18(28)19-9-11-20(12-10-19)27-15-13-26(14-16-27)17-23(29)25-22-8-6-5-7-21(22)24(2,3)4/h9-12,21-22H,5-8,13-17H2,1-4H3,(H,25,29). The van der Waals surface area contributed by atoms with E-state index in [2.05, 4.69) is 35.9 Å². The van der Waals surface area contributed by atoms with Gasteiger partial charge in [-0.1, -0.05) is 33.6 Å². The molecule has 0 radical (unpaired) electrons. The van der Waals surface area contributed by atoms with Crippen LogP contribution in [0.4, 0.5) is 5.69 Å². The number of amides is 1. The van der Waals surface area contributed by atoms with Crippen LogP contribution in [0.15, 0.2) is 24.3 Å². The maximum Gasteiger partial charge on any atom is 0.234 e. The third-order valence-corrected chi connectivity index (χ3v) is 6.60. The van der Waals surface area contributed by atoms with Gasteiger partial charge in [-0.25, -0.2) is 0 Å². The Balaban J connectivity index is 1.47. The number of ketones is 1. The highest BCUT2D eigenvalue weighted by atomic mass is 16.2. The molecule has 1 aliphatic heterocycles. The minimum Gasteiger partial charge on any atom is -0.369 e. The number of carbonyl (C=O) groups is 2. The molecule has 1 N–H and O–H groups in total. The molecule has 2 fully saturated rings. The van der Waals surface area contributed by atoms with Gasteiger partial charge in [0.15, 0.2) is 5.78 Å². The first-order valence-electron chi connectivity index (χ1n) is 11.1. The second-order valence-electron chi connectivity index (χ2n) is 9.80. The fourth-order valence-corrected chi connectivity index (χ4v) is 4.87. The summed E-state index contributed by atoms with van der Waals surface area (Å²) in [6, 6.07) is 8.15. The SMILES string of the molecule is CC(=O)c1ccc(N2CCN(CC(=O)NC3CCCCC3C(C)(C)C)CC2)cc1. The Morgan fingerprint density at radius 1 is 1.00 bits per heavy atom. The second-order valence-corrected chi connectivity index (χ2v) is 9.80. The Hall–Kier alpha value is -1.88. The highest BCUT2D eigenvalue weighted by molar-refractivity contribution is 5.94. The van der Waals surface area contributed by atoms with Gasteiger partial charge < -0.3 is 10.2 Å². The normalized spacial score (nSPS) is 23.7. The van der Waals surface area contributed by atoms with Crippen molar-refractivity contribution in [3.63, 3.8) is 0 Å². The first-order valence-corrected chi connectivity index (χ1v) is 11.1. The van der Waals surface area contributed by atoms with Gasteiger partial charge in [0, 0.05) is 43.5 Å². The Kier molecular flexibility index (Phi) is 6.99. The number of nitrogens with zero attached hydrogens (tertiary/aromatic N) is 2. The van der Waals surface area contributed by atoms with Gasteiger partial charge in [0.05, 0.1) is 6.54 Å². The molecule has 1 amide bonds. The smallest absolute Gasteiger partial charge is 0.234 e. The predicted octanol–water partition coefficient (Wildman–Crippen LogP) is 3.73. The molecule has 1 heterocycles. The van der Waals surface area contributed by atoms with E-state index in [1.54, 1.807) is 6.92 Å². The van der Waals surface area contributed by atoms with Gasteiger partial charge in [0.2, 0.25) is 5.91 Å². The quantitative estimate of drug-likeness (QED) is 0.767. The van der Waals surface area contributed by atoms with E-state index >= 15 is 0 Å². The maximum atomic E-state index is 12.7. The summed E-state index contributed by atoms with van der Waals surface area (Å²) in [6.45, 7) is 12.5. The van der Waals surface area contributed by atoms with E-state index in [-0.39, 0.29) is 17.1 Å². The molecule has 1 aliphatic carbocycles. The lowest BCUT2D eigenvalue weighted by atomic mass is 9.69. The molecule has 0 spiro atoms. The first-order chi connectivity index (χ1) is 13.7. The highest BCUT2D eigenvalue weighted by Gasteiger charge is 2.35. The first kappa shape index (κ1) is 21.8. The van der Waals surface area contributed by atoms with E-state index in [0.29, 0.717) is 18.5 Å². The average Bonchev–Trinajstić information content (AvgIpc) is 2.68. The lowest BCUT2D eigenvalue weighted by Crippen LogP contribution is -2.52. The van der Waals surface area contributed by atoms with Crippen LogP contribution in [-0.4, -0.2) is 55.4 Å². The molecule has 2 aliphatic rings. The Bertz CT molecular complexity index is 700. The van der Waals surface area contributed by atoms with Gasteiger partial charge in [-0.2, -0.15) is 0 Å². The fourth-order valence-electron chi connectivity index (χ4n) is 4.87. The largest absolute Gasteiger partial charge is 0.369 e. The monoisotopic (exact) mass is 399 g/mol. The van der Waals surface area contributed by atoms with Crippen LogP contribution >= 0.6 is 0 Å². The number of hydrogen-bond donors (Lipinski definition) is 1. The lowest BCUT2D eigenvalue weighted by molar-refractivity contribution is -0.124. The maximum absolute atomic E-state index is 12.7. The summed E-state index contributed by atoms with van der Waals surface area (Å²) in [5, 5.41) is 3.36. The Morgan fingerprint density at radius 3 is 2.21 bits per heavy atom. The van der Waals surface area contributed by atoms with Crippen LogP contribution < -0.4 is 10.2 Å². The number of hydrogen-bond acceptors (Lipinski definition) is 4. The molecule has 29 heavy (non-hydrogen) atoms. The van der Waals surface area contributed by atoms with E-state index in [1.165, 1.54) is 19.3 Å². The van der Waals surface area contributed by atoms with Crippen molar-refractivity contribution >= 4 is 17.4 Å². The number of rotatable bonds is 5. The number of benzene rings is 1. The van der Waals surface area contributed by atoms with Crippen molar-refractivity contribution in [2.75, 3.05) is 37.6 Å². The van der Waals surface area contributed by atoms with Crippen molar-refractivity contribution in [2.45, 2.75) is 59.4 Å². The summed E-state index contributed by atoms with van der Waals surface area (Å²) < 4.78 is 0. The molecule has 1 aromatic rings. The number of Topliss-reactive ketones (excluding diaryl/α,β-unsaturated/α-hetero) is 1. The predicted molar refractivity (Wildman–Crippen MR) is 118 cm³/mol. The molecule has 1 saturated carbocycles. The Labute approximate surface area is 175 Å². The van der Waals surface area contributed by atoms with E-state index in [1.807, 2.05) is 24.3 Å². The van der Waals surface area contributed by atoms with Crippen LogP contribution in [0.5, 0.6) is 0 Å². The number of carbonyl (C=O) groups excluding carboxylic acids is 2. The molecule has 3 rings (SSSR count). The number of anilines is 1. The van der Waals surface area contributed by atoms with Gasteiger partial charge in [0.25, 0.3) is 0 Å². The van der Waals surface area contributed by atoms with Crippen LogP contribution in [0.3, 0.4) is 0 Å². The zero-order chi connectivity index (χ0) is 21.0. The van der Waals surface area contributed by atoms with E-state index in [0.717, 1.165) is 43.9 Å². The Morgan fingerprint density at radius 2 is 1.62 bits per heavy atom. The third kappa shape index (κ3) is 5.81. The fraction of sp³-hybridized carbons (Fsp3) is 0.667. The van der Waals surface area contributed by atoms with Gasteiger partial charge >= 0.3 is 0 Å². The molecule has 2 atom stereocenters. The van der Waals surface area contributed by atoms with Crippen molar-refractivity contribution in [3.8, 4) is 0 Å². The molecule has 1 saturated heterocycles. The minimum absolute atomic E-state index is 0.0963. The van der Waals surface area contributed by atoms with Gasteiger partial charge in [-0.3, -0.25) is 14.5 Å². The summed E-state index contributed by atoms with van der Waals surface area (Å²) in [5.74, 6) is 0.833. The topological polar surface area (TPSA) is 52.7 Å².